The molecule has 0 N–H and O–H groups in total. The van der Waals surface area contributed by atoms with Crippen molar-refractivity contribution in [3.63, 3.8) is 0 Å². The number of carbonyl (C=O) groups is 1. The van der Waals surface area contributed by atoms with Crippen molar-refractivity contribution in [2.24, 2.45) is 5.92 Å². The molecule has 1 aromatic rings. The van der Waals surface area contributed by atoms with Crippen LogP contribution in [-0.4, -0.2) is 22.3 Å². The van der Waals surface area contributed by atoms with Crippen molar-refractivity contribution >= 4 is 17.2 Å². The second-order valence-electron chi connectivity index (χ2n) is 5.14. The Balaban J connectivity index is 1.77. The first-order valence-electron chi connectivity index (χ1n) is 6.48. The summed E-state index contributed by atoms with van der Waals surface area (Å²) in [4.78, 5) is 19.0. The predicted molar refractivity (Wildman–Crippen MR) is 67.9 cm³/mol. The van der Waals surface area contributed by atoms with Crippen LogP contribution in [0, 0.1) is 12.8 Å². The Hall–Kier alpha value is -0.900. The van der Waals surface area contributed by atoms with Crippen molar-refractivity contribution in [2.45, 2.75) is 45.1 Å². The monoisotopic (exact) mass is 250 g/mol. The van der Waals surface area contributed by atoms with Gasteiger partial charge in [-0.15, -0.1) is 11.3 Å². The molecule has 0 bridgehead atoms. The number of aryl methyl sites for hydroxylation is 1. The van der Waals surface area contributed by atoms with Crippen LogP contribution in [0.1, 0.15) is 48.8 Å². The van der Waals surface area contributed by atoms with E-state index in [2.05, 4.69) is 15.3 Å². The maximum atomic E-state index is 12.3. The number of nitrogens with zero attached hydrogens (tertiary/aromatic N) is 2. The highest BCUT2D eigenvalue weighted by atomic mass is 32.1. The largest absolute Gasteiger partial charge is 0.333 e. The SMILES string of the molecule is Cc1csc([C@@H]2CCCN2C(=O)C2CCC2)n1. The van der Waals surface area contributed by atoms with Crippen LogP contribution in [0.4, 0.5) is 0 Å². The number of rotatable bonds is 2. The van der Waals surface area contributed by atoms with E-state index in [4.69, 9.17) is 0 Å². The summed E-state index contributed by atoms with van der Waals surface area (Å²) in [6.45, 7) is 2.95. The van der Waals surface area contributed by atoms with Gasteiger partial charge in [-0.25, -0.2) is 4.98 Å². The van der Waals surface area contributed by atoms with Gasteiger partial charge in [-0.3, -0.25) is 4.79 Å². The predicted octanol–water partition coefficient (Wildman–Crippen LogP) is 2.92. The smallest absolute Gasteiger partial charge is 0.226 e. The normalized spacial score (nSPS) is 25.0. The summed E-state index contributed by atoms with van der Waals surface area (Å²) in [5.41, 5.74) is 1.08. The molecule has 1 aromatic heterocycles. The number of carbonyl (C=O) groups excluding carboxylic acids is 1. The molecule has 0 radical (unpaired) electrons. The molecule has 1 atom stereocenters. The minimum absolute atomic E-state index is 0.266. The topological polar surface area (TPSA) is 33.2 Å². The van der Waals surface area contributed by atoms with Crippen molar-refractivity contribution in [3.8, 4) is 0 Å². The Labute approximate surface area is 106 Å². The van der Waals surface area contributed by atoms with Gasteiger partial charge in [0.05, 0.1) is 6.04 Å². The van der Waals surface area contributed by atoms with Gasteiger partial charge in [-0.2, -0.15) is 0 Å². The van der Waals surface area contributed by atoms with Gasteiger partial charge in [0.1, 0.15) is 5.01 Å². The molecule has 0 aromatic carbocycles. The number of amides is 1. The molecule has 0 unspecified atom stereocenters. The number of hydrogen-bond donors (Lipinski definition) is 0. The lowest BCUT2D eigenvalue weighted by Crippen LogP contribution is -2.38. The van der Waals surface area contributed by atoms with E-state index in [0.29, 0.717) is 11.8 Å². The minimum Gasteiger partial charge on any atom is -0.333 e. The van der Waals surface area contributed by atoms with Crippen LogP contribution in [0.25, 0.3) is 0 Å². The second-order valence-corrected chi connectivity index (χ2v) is 6.03. The summed E-state index contributed by atoms with van der Waals surface area (Å²) in [5.74, 6) is 0.697. The summed E-state index contributed by atoms with van der Waals surface area (Å²) in [5, 5.41) is 3.22. The maximum Gasteiger partial charge on any atom is 0.226 e. The molecule has 92 valence electrons. The summed E-state index contributed by atoms with van der Waals surface area (Å²) < 4.78 is 0. The average Bonchev–Trinajstić information content (AvgIpc) is 2.81. The van der Waals surface area contributed by atoms with Gasteiger partial charge in [-0.05, 0) is 32.6 Å². The van der Waals surface area contributed by atoms with Crippen LogP contribution in [0.15, 0.2) is 5.38 Å². The zero-order chi connectivity index (χ0) is 11.8. The molecule has 0 spiro atoms. The van der Waals surface area contributed by atoms with Crippen LogP contribution in [-0.2, 0) is 4.79 Å². The van der Waals surface area contributed by atoms with Crippen molar-refractivity contribution < 1.29 is 4.79 Å². The fraction of sp³-hybridized carbons (Fsp3) is 0.692. The van der Waals surface area contributed by atoms with E-state index in [9.17, 15) is 4.79 Å². The van der Waals surface area contributed by atoms with E-state index in [0.717, 1.165) is 42.9 Å². The van der Waals surface area contributed by atoms with Gasteiger partial charge >= 0.3 is 0 Å². The van der Waals surface area contributed by atoms with E-state index in [1.807, 2.05) is 6.92 Å². The molecular weight excluding hydrogens is 232 g/mol. The first-order valence-corrected chi connectivity index (χ1v) is 7.36. The summed E-state index contributed by atoms with van der Waals surface area (Å²) >= 11 is 1.70. The Bertz CT molecular complexity index is 425. The zero-order valence-electron chi connectivity index (χ0n) is 10.2. The lowest BCUT2D eigenvalue weighted by Gasteiger charge is -2.32. The third-order valence-electron chi connectivity index (χ3n) is 3.91. The van der Waals surface area contributed by atoms with E-state index in [1.54, 1.807) is 11.3 Å². The number of hydrogen-bond acceptors (Lipinski definition) is 3. The fourth-order valence-electron chi connectivity index (χ4n) is 2.70. The summed E-state index contributed by atoms with van der Waals surface area (Å²) in [6.07, 6.45) is 5.64. The Morgan fingerprint density at radius 1 is 1.41 bits per heavy atom. The van der Waals surface area contributed by atoms with E-state index < -0.39 is 0 Å². The Kier molecular flexibility index (Phi) is 2.90. The second kappa shape index (κ2) is 4.41. The molecule has 1 saturated carbocycles. The number of thiazole rings is 1. The van der Waals surface area contributed by atoms with E-state index in [1.165, 1.54) is 6.42 Å². The molecule has 2 heterocycles. The quantitative estimate of drug-likeness (QED) is 0.808. The summed E-state index contributed by atoms with van der Waals surface area (Å²) in [7, 11) is 0. The number of likely N-dealkylation sites (tertiary alicyclic amines) is 1. The van der Waals surface area contributed by atoms with E-state index in [-0.39, 0.29) is 6.04 Å². The number of aromatic nitrogens is 1. The van der Waals surface area contributed by atoms with Crippen LogP contribution >= 0.6 is 11.3 Å². The van der Waals surface area contributed by atoms with Gasteiger partial charge < -0.3 is 4.90 Å². The first-order chi connectivity index (χ1) is 8.25. The van der Waals surface area contributed by atoms with Gasteiger partial charge in [0.25, 0.3) is 0 Å². The fourth-order valence-corrected chi connectivity index (χ4v) is 3.65. The van der Waals surface area contributed by atoms with Gasteiger partial charge in [0.15, 0.2) is 0 Å². The van der Waals surface area contributed by atoms with Crippen LogP contribution in [0.3, 0.4) is 0 Å². The lowest BCUT2D eigenvalue weighted by atomic mass is 9.84. The maximum absolute atomic E-state index is 12.3. The van der Waals surface area contributed by atoms with Crippen molar-refractivity contribution in [2.75, 3.05) is 6.54 Å². The third kappa shape index (κ3) is 1.99. The van der Waals surface area contributed by atoms with Crippen LogP contribution in [0.2, 0.25) is 0 Å². The molecular formula is C13H18N2OS. The van der Waals surface area contributed by atoms with Gasteiger partial charge in [-0.1, -0.05) is 6.42 Å². The van der Waals surface area contributed by atoms with Crippen molar-refractivity contribution in [1.29, 1.82) is 0 Å². The van der Waals surface area contributed by atoms with Gasteiger partial charge in [0, 0.05) is 23.5 Å². The molecule has 1 aliphatic heterocycles. The van der Waals surface area contributed by atoms with Gasteiger partial charge in [0.2, 0.25) is 5.91 Å². The van der Waals surface area contributed by atoms with Crippen molar-refractivity contribution in [1.82, 2.24) is 9.88 Å². The Morgan fingerprint density at radius 2 is 2.24 bits per heavy atom. The molecule has 1 aliphatic carbocycles. The van der Waals surface area contributed by atoms with Crippen LogP contribution in [0.5, 0.6) is 0 Å². The van der Waals surface area contributed by atoms with Crippen LogP contribution < -0.4 is 0 Å². The molecule has 1 amide bonds. The molecule has 2 aliphatic rings. The molecule has 17 heavy (non-hydrogen) atoms. The molecule has 1 saturated heterocycles. The van der Waals surface area contributed by atoms with Crippen molar-refractivity contribution in [3.05, 3.63) is 16.1 Å². The standard InChI is InChI=1S/C13H18N2OS/c1-9-8-17-12(14-9)11-6-3-7-15(11)13(16)10-4-2-5-10/h8,10-11H,2-7H2,1H3/t11-/m0/s1. The highest BCUT2D eigenvalue weighted by molar-refractivity contribution is 7.09. The highest BCUT2D eigenvalue weighted by Crippen LogP contribution is 2.37. The Morgan fingerprint density at radius 3 is 2.82 bits per heavy atom. The highest BCUT2D eigenvalue weighted by Gasteiger charge is 2.37. The minimum atomic E-state index is 0.266. The first kappa shape index (κ1) is 11.2. The molecule has 4 heteroatoms. The van der Waals surface area contributed by atoms with E-state index >= 15 is 0 Å². The summed E-state index contributed by atoms with van der Waals surface area (Å²) in [6, 6.07) is 0.266. The molecule has 3 nitrogen and oxygen atoms in total. The lowest BCUT2D eigenvalue weighted by molar-refractivity contribution is -0.139. The average molecular weight is 250 g/mol. The molecule has 3 rings (SSSR count). The third-order valence-corrected chi connectivity index (χ3v) is 4.98. The zero-order valence-corrected chi connectivity index (χ0v) is 11.0. The molecule has 2 fully saturated rings.